The van der Waals surface area contributed by atoms with Gasteiger partial charge in [0.25, 0.3) is 5.91 Å². The van der Waals surface area contributed by atoms with E-state index >= 15 is 0 Å². The molecule has 2 fully saturated rings. The Morgan fingerprint density at radius 3 is 3.00 bits per heavy atom. The number of hydrogen-bond donors (Lipinski definition) is 0. The van der Waals surface area contributed by atoms with Crippen molar-refractivity contribution in [2.75, 3.05) is 12.3 Å². The Bertz CT molecular complexity index is 306. The van der Waals surface area contributed by atoms with Crippen molar-refractivity contribution in [3.8, 4) is 0 Å². The number of nitrogens with zero attached hydrogens (tertiary/aromatic N) is 1. The molecular weight excluding hydrogens is 270 g/mol. The number of carbonyl (C=O) groups is 2. The largest absolute Gasteiger partial charge is 0.338 e. The maximum atomic E-state index is 11.5. The number of amides is 1. The molecule has 2 aliphatic heterocycles. The fourth-order valence-electron chi connectivity index (χ4n) is 2.09. The maximum absolute atomic E-state index is 11.5. The van der Waals surface area contributed by atoms with Gasteiger partial charge in [0.05, 0.1) is 6.54 Å². The van der Waals surface area contributed by atoms with Gasteiger partial charge < -0.3 is 4.84 Å². The Balaban J connectivity index is 1.53. The summed E-state index contributed by atoms with van der Waals surface area (Å²) in [7, 11) is 3.92. The third kappa shape index (κ3) is 4.39. The molecule has 0 radical (unpaired) electrons. The van der Waals surface area contributed by atoms with Crippen molar-refractivity contribution in [2.24, 2.45) is 0 Å². The predicted octanol–water partition coefficient (Wildman–Crippen LogP) is 2.78. The molecule has 6 heteroatoms. The van der Waals surface area contributed by atoms with E-state index in [1.807, 2.05) is 21.6 Å². The first-order valence-corrected chi connectivity index (χ1v) is 8.93. The van der Waals surface area contributed by atoms with E-state index in [0.29, 0.717) is 19.4 Å². The molecule has 2 heterocycles. The van der Waals surface area contributed by atoms with Gasteiger partial charge in [-0.15, -0.1) is 0 Å². The third-order valence-corrected chi connectivity index (χ3v) is 6.13. The molecule has 0 aromatic rings. The van der Waals surface area contributed by atoms with Crippen molar-refractivity contribution in [1.82, 2.24) is 5.06 Å². The summed E-state index contributed by atoms with van der Waals surface area (Å²) in [6.07, 6.45) is 6.14. The number of carbonyl (C=O) groups excluding carboxylic acids is 2. The van der Waals surface area contributed by atoms with Crippen LogP contribution in [0.1, 0.15) is 44.9 Å². The second-order valence-corrected chi connectivity index (χ2v) is 7.42. The van der Waals surface area contributed by atoms with E-state index in [1.54, 1.807) is 0 Å². The molecule has 2 saturated heterocycles. The zero-order valence-corrected chi connectivity index (χ0v) is 12.1. The summed E-state index contributed by atoms with van der Waals surface area (Å²) in [5.41, 5.74) is 0. The zero-order valence-electron chi connectivity index (χ0n) is 10.4. The van der Waals surface area contributed by atoms with Crippen LogP contribution >= 0.6 is 21.6 Å². The van der Waals surface area contributed by atoms with Crippen LogP contribution < -0.4 is 0 Å². The van der Waals surface area contributed by atoms with Gasteiger partial charge >= 0.3 is 5.97 Å². The summed E-state index contributed by atoms with van der Waals surface area (Å²) in [6.45, 7) is 0.556. The normalized spacial score (nSPS) is 23.7. The van der Waals surface area contributed by atoms with Crippen LogP contribution in [0.5, 0.6) is 0 Å². The highest BCUT2D eigenvalue weighted by atomic mass is 33.1. The summed E-state index contributed by atoms with van der Waals surface area (Å²) in [4.78, 5) is 27.8. The zero-order chi connectivity index (χ0) is 12.8. The monoisotopic (exact) mass is 289 g/mol. The van der Waals surface area contributed by atoms with Crippen molar-refractivity contribution < 1.29 is 14.4 Å². The summed E-state index contributed by atoms with van der Waals surface area (Å²) >= 11 is 0. The average molecular weight is 289 g/mol. The standard InChI is InChI=1S/C12H19NO3S2/c14-11-5-3-8-13(11)16-12(15)6-2-1-4-10-7-9-17-18-10/h10H,1-9H2. The molecule has 0 N–H and O–H groups in total. The van der Waals surface area contributed by atoms with Crippen LogP contribution in [0.25, 0.3) is 0 Å². The van der Waals surface area contributed by atoms with Crippen LogP contribution in [0.2, 0.25) is 0 Å². The van der Waals surface area contributed by atoms with Gasteiger partial charge in [0.2, 0.25) is 0 Å². The van der Waals surface area contributed by atoms with E-state index in [9.17, 15) is 9.59 Å². The van der Waals surface area contributed by atoms with E-state index in [2.05, 4.69) is 0 Å². The number of unbranched alkanes of at least 4 members (excludes halogenated alkanes) is 1. The molecule has 4 nitrogen and oxygen atoms in total. The second kappa shape index (κ2) is 7.28. The Kier molecular flexibility index (Phi) is 5.69. The molecular formula is C12H19NO3S2. The van der Waals surface area contributed by atoms with Gasteiger partial charge in [-0.05, 0) is 25.7 Å². The summed E-state index contributed by atoms with van der Waals surface area (Å²) in [6, 6.07) is 0. The quantitative estimate of drug-likeness (QED) is 0.556. The lowest BCUT2D eigenvalue weighted by Gasteiger charge is -2.14. The van der Waals surface area contributed by atoms with Crippen molar-refractivity contribution in [1.29, 1.82) is 0 Å². The van der Waals surface area contributed by atoms with Gasteiger partial charge in [0, 0.05) is 23.8 Å². The molecule has 0 bridgehead atoms. The SMILES string of the molecule is O=C(CCCCC1CCSS1)ON1CCCC1=O. The van der Waals surface area contributed by atoms with Gasteiger partial charge in [-0.3, -0.25) is 4.79 Å². The Labute approximate surface area is 116 Å². The molecule has 2 rings (SSSR count). The van der Waals surface area contributed by atoms with E-state index in [-0.39, 0.29) is 11.9 Å². The molecule has 0 aromatic carbocycles. The molecule has 2 aliphatic rings. The average Bonchev–Trinajstić information content (AvgIpc) is 2.98. The van der Waals surface area contributed by atoms with E-state index in [4.69, 9.17) is 4.84 Å². The lowest BCUT2D eigenvalue weighted by molar-refractivity contribution is -0.192. The molecule has 0 saturated carbocycles. The minimum Gasteiger partial charge on any atom is -0.338 e. The van der Waals surface area contributed by atoms with Crippen LogP contribution in [-0.4, -0.2) is 34.5 Å². The first-order chi connectivity index (χ1) is 8.75. The molecule has 102 valence electrons. The van der Waals surface area contributed by atoms with Crippen LogP contribution in [0.3, 0.4) is 0 Å². The van der Waals surface area contributed by atoms with Gasteiger partial charge in [-0.1, -0.05) is 28.0 Å². The van der Waals surface area contributed by atoms with Crippen LogP contribution in [0.4, 0.5) is 0 Å². The van der Waals surface area contributed by atoms with E-state index in [0.717, 1.165) is 24.5 Å². The lowest BCUT2D eigenvalue weighted by Crippen LogP contribution is -2.28. The second-order valence-electron chi connectivity index (χ2n) is 4.64. The van der Waals surface area contributed by atoms with Crippen molar-refractivity contribution >= 4 is 33.5 Å². The van der Waals surface area contributed by atoms with Crippen LogP contribution in [0, 0.1) is 0 Å². The molecule has 0 aromatic heterocycles. The summed E-state index contributed by atoms with van der Waals surface area (Å²) in [5.74, 6) is 0.926. The smallest absolute Gasteiger partial charge is 0.332 e. The Morgan fingerprint density at radius 1 is 1.44 bits per heavy atom. The number of rotatable bonds is 6. The van der Waals surface area contributed by atoms with E-state index in [1.165, 1.54) is 23.7 Å². The fourth-order valence-corrected chi connectivity index (χ4v) is 5.12. The minimum atomic E-state index is -0.265. The van der Waals surface area contributed by atoms with E-state index < -0.39 is 0 Å². The topological polar surface area (TPSA) is 46.6 Å². The Hall–Kier alpha value is -0.360. The molecule has 0 spiro atoms. The molecule has 0 aliphatic carbocycles. The highest BCUT2D eigenvalue weighted by Gasteiger charge is 2.24. The molecule has 1 amide bonds. The summed E-state index contributed by atoms with van der Waals surface area (Å²) < 4.78 is 0. The molecule has 18 heavy (non-hydrogen) atoms. The highest BCUT2D eigenvalue weighted by molar-refractivity contribution is 8.77. The molecule has 1 unspecified atom stereocenters. The van der Waals surface area contributed by atoms with Crippen LogP contribution in [-0.2, 0) is 14.4 Å². The fraction of sp³-hybridized carbons (Fsp3) is 0.833. The number of hydroxylamine groups is 2. The lowest BCUT2D eigenvalue weighted by atomic mass is 10.1. The maximum Gasteiger partial charge on any atom is 0.332 e. The predicted molar refractivity (Wildman–Crippen MR) is 74.0 cm³/mol. The van der Waals surface area contributed by atoms with Crippen LogP contribution in [0.15, 0.2) is 0 Å². The summed E-state index contributed by atoms with van der Waals surface area (Å²) in [5, 5.41) is 1.98. The third-order valence-electron chi connectivity index (χ3n) is 3.13. The van der Waals surface area contributed by atoms with Gasteiger partial charge in [-0.2, -0.15) is 5.06 Å². The minimum absolute atomic E-state index is 0.0669. The van der Waals surface area contributed by atoms with Crippen molar-refractivity contribution in [2.45, 2.75) is 50.2 Å². The van der Waals surface area contributed by atoms with Crippen molar-refractivity contribution in [3.63, 3.8) is 0 Å². The Morgan fingerprint density at radius 2 is 2.33 bits per heavy atom. The van der Waals surface area contributed by atoms with Gasteiger partial charge in [-0.25, -0.2) is 4.79 Å². The molecule has 1 atom stereocenters. The first-order valence-electron chi connectivity index (χ1n) is 6.55. The highest BCUT2D eigenvalue weighted by Crippen LogP contribution is 2.39. The van der Waals surface area contributed by atoms with Gasteiger partial charge in [0.15, 0.2) is 0 Å². The van der Waals surface area contributed by atoms with Crippen molar-refractivity contribution in [3.05, 3.63) is 0 Å². The van der Waals surface area contributed by atoms with Gasteiger partial charge in [0.1, 0.15) is 0 Å². The first kappa shape index (κ1) is 14.1. The number of hydrogen-bond acceptors (Lipinski definition) is 5.